The van der Waals surface area contributed by atoms with Crippen molar-refractivity contribution in [3.8, 4) is 11.5 Å². The third kappa shape index (κ3) is 4.02. The lowest BCUT2D eigenvalue weighted by molar-refractivity contribution is -0.140. The fourth-order valence-electron chi connectivity index (χ4n) is 1.65. The molecule has 2 rings (SSSR count). The summed E-state index contributed by atoms with van der Waals surface area (Å²) in [5.41, 5.74) is 0.839. The number of carboxylic acid groups (broad SMARTS) is 1. The molecule has 0 bridgehead atoms. The summed E-state index contributed by atoms with van der Waals surface area (Å²) in [6, 6.07) is 17.0. The lowest BCUT2D eigenvalue weighted by Gasteiger charge is -2.11. The van der Waals surface area contributed by atoms with E-state index >= 15 is 0 Å². The van der Waals surface area contributed by atoms with E-state index in [2.05, 4.69) is 5.32 Å². The van der Waals surface area contributed by atoms with Gasteiger partial charge in [-0.15, -0.1) is 0 Å². The van der Waals surface area contributed by atoms with Crippen LogP contribution in [0.1, 0.15) is 6.92 Å². The van der Waals surface area contributed by atoms with Crippen LogP contribution in [0.4, 0.5) is 5.69 Å². The van der Waals surface area contributed by atoms with Gasteiger partial charge in [0.2, 0.25) is 0 Å². The average molecular weight is 271 g/mol. The Balaban J connectivity index is 1.99. The second-order valence-corrected chi connectivity index (χ2v) is 4.56. The maximum atomic E-state index is 10.8. The predicted octanol–water partition coefficient (Wildman–Crippen LogP) is 3.61. The van der Waals surface area contributed by atoms with Gasteiger partial charge in [-0.3, -0.25) is 4.79 Å². The van der Waals surface area contributed by atoms with Crippen LogP contribution in [0.3, 0.4) is 0 Å². The van der Waals surface area contributed by atoms with Crippen molar-refractivity contribution in [2.75, 3.05) is 11.9 Å². The summed E-state index contributed by atoms with van der Waals surface area (Å²) >= 11 is 0. The van der Waals surface area contributed by atoms with Gasteiger partial charge in [0.15, 0.2) is 0 Å². The summed E-state index contributed by atoms with van der Waals surface area (Å²) in [5, 5.41) is 11.9. The van der Waals surface area contributed by atoms with Crippen LogP contribution in [0.5, 0.6) is 11.5 Å². The van der Waals surface area contributed by atoms with Gasteiger partial charge in [0.25, 0.3) is 0 Å². The standard InChI is InChI=1S/C16H17NO3/c1-12(16(18)19)11-17-13-6-5-9-15(10-13)20-14-7-3-2-4-8-14/h2-10,12,17H,11H2,1H3,(H,18,19). The van der Waals surface area contributed by atoms with Crippen molar-refractivity contribution in [1.82, 2.24) is 0 Å². The highest BCUT2D eigenvalue weighted by Gasteiger charge is 2.10. The molecule has 104 valence electrons. The number of carboxylic acids is 1. The molecule has 4 nitrogen and oxygen atoms in total. The van der Waals surface area contributed by atoms with E-state index in [1.54, 1.807) is 6.92 Å². The molecule has 0 heterocycles. The molecule has 0 saturated heterocycles. The van der Waals surface area contributed by atoms with E-state index in [1.165, 1.54) is 0 Å². The lowest BCUT2D eigenvalue weighted by atomic mass is 10.2. The van der Waals surface area contributed by atoms with E-state index in [1.807, 2.05) is 54.6 Å². The van der Waals surface area contributed by atoms with E-state index in [0.29, 0.717) is 12.3 Å². The number of hydrogen-bond acceptors (Lipinski definition) is 3. The van der Waals surface area contributed by atoms with Gasteiger partial charge in [-0.2, -0.15) is 0 Å². The van der Waals surface area contributed by atoms with Gasteiger partial charge in [0, 0.05) is 18.3 Å². The maximum Gasteiger partial charge on any atom is 0.308 e. The van der Waals surface area contributed by atoms with E-state index < -0.39 is 11.9 Å². The molecular weight excluding hydrogens is 254 g/mol. The third-order valence-corrected chi connectivity index (χ3v) is 2.85. The van der Waals surface area contributed by atoms with Crippen molar-refractivity contribution in [3.63, 3.8) is 0 Å². The van der Waals surface area contributed by atoms with Gasteiger partial charge in [-0.05, 0) is 24.3 Å². The number of nitrogens with one attached hydrogen (secondary N) is 1. The zero-order valence-electron chi connectivity index (χ0n) is 11.2. The maximum absolute atomic E-state index is 10.8. The lowest BCUT2D eigenvalue weighted by Crippen LogP contribution is -2.19. The molecule has 4 heteroatoms. The Morgan fingerprint density at radius 3 is 2.55 bits per heavy atom. The molecule has 20 heavy (non-hydrogen) atoms. The largest absolute Gasteiger partial charge is 0.481 e. The number of hydrogen-bond donors (Lipinski definition) is 2. The second kappa shape index (κ2) is 6.61. The third-order valence-electron chi connectivity index (χ3n) is 2.85. The minimum absolute atomic E-state index is 0.379. The number of carbonyl (C=O) groups is 1. The number of anilines is 1. The fraction of sp³-hybridized carbons (Fsp3) is 0.188. The molecule has 0 fully saturated rings. The molecule has 2 aromatic carbocycles. The summed E-state index contributed by atoms with van der Waals surface area (Å²) in [7, 11) is 0. The topological polar surface area (TPSA) is 58.6 Å². The predicted molar refractivity (Wildman–Crippen MR) is 78.2 cm³/mol. The SMILES string of the molecule is CC(CNc1cccc(Oc2ccccc2)c1)C(=O)O. The molecule has 2 aromatic rings. The first-order valence-corrected chi connectivity index (χ1v) is 6.45. The second-order valence-electron chi connectivity index (χ2n) is 4.56. The number of rotatable bonds is 6. The Hall–Kier alpha value is -2.49. The Morgan fingerprint density at radius 2 is 1.85 bits per heavy atom. The van der Waals surface area contributed by atoms with E-state index in [9.17, 15) is 4.79 Å². The molecular formula is C16H17NO3. The van der Waals surface area contributed by atoms with E-state index in [-0.39, 0.29) is 0 Å². The average Bonchev–Trinajstić information content (AvgIpc) is 2.46. The van der Waals surface area contributed by atoms with Crippen LogP contribution in [0.2, 0.25) is 0 Å². The quantitative estimate of drug-likeness (QED) is 0.842. The Labute approximate surface area is 118 Å². The van der Waals surface area contributed by atoms with Crippen molar-refractivity contribution in [1.29, 1.82) is 0 Å². The van der Waals surface area contributed by atoms with Crippen LogP contribution in [0, 0.1) is 5.92 Å². The molecule has 2 N–H and O–H groups in total. The Morgan fingerprint density at radius 1 is 1.15 bits per heavy atom. The smallest absolute Gasteiger partial charge is 0.308 e. The highest BCUT2D eigenvalue weighted by atomic mass is 16.5. The first-order chi connectivity index (χ1) is 9.65. The van der Waals surface area contributed by atoms with E-state index in [0.717, 1.165) is 11.4 Å². The van der Waals surface area contributed by atoms with Crippen LogP contribution in [0.25, 0.3) is 0 Å². The molecule has 0 aliphatic carbocycles. The number of ether oxygens (including phenoxy) is 1. The molecule has 0 saturated carbocycles. The van der Waals surface area contributed by atoms with Crippen molar-refractivity contribution in [2.45, 2.75) is 6.92 Å². The number of benzene rings is 2. The highest BCUT2D eigenvalue weighted by molar-refractivity contribution is 5.70. The molecule has 0 aromatic heterocycles. The zero-order chi connectivity index (χ0) is 14.4. The molecule has 0 radical (unpaired) electrons. The Bertz CT molecular complexity index is 569. The van der Waals surface area contributed by atoms with Gasteiger partial charge in [0.1, 0.15) is 11.5 Å². The van der Waals surface area contributed by atoms with Gasteiger partial charge < -0.3 is 15.2 Å². The van der Waals surface area contributed by atoms with Crippen molar-refractivity contribution in [2.24, 2.45) is 5.92 Å². The van der Waals surface area contributed by atoms with Gasteiger partial charge in [-0.25, -0.2) is 0 Å². The van der Waals surface area contributed by atoms with Crippen LogP contribution in [-0.4, -0.2) is 17.6 Å². The first kappa shape index (κ1) is 13.9. The fourth-order valence-corrected chi connectivity index (χ4v) is 1.65. The molecule has 0 aliphatic rings. The van der Waals surface area contributed by atoms with Crippen LogP contribution < -0.4 is 10.1 Å². The first-order valence-electron chi connectivity index (χ1n) is 6.45. The van der Waals surface area contributed by atoms with Gasteiger partial charge in [0.05, 0.1) is 5.92 Å². The molecule has 1 unspecified atom stereocenters. The van der Waals surface area contributed by atoms with Crippen molar-refractivity contribution in [3.05, 3.63) is 54.6 Å². The van der Waals surface area contributed by atoms with Crippen LogP contribution in [-0.2, 0) is 4.79 Å². The van der Waals surface area contributed by atoms with Crippen molar-refractivity contribution >= 4 is 11.7 Å². The van der Waals surface area contributed by atoms with Gasteiger partial charge >= 0.3 is 5.97 Å². The Kier molecular flexibility index (Phi) is 4.60. The summed E-state index contributed by atoms with van der Waals surface area (Å²) in [6.45, 7) is 2.05. The highest BCUT2D eigenvalue weighted by Crippen LogP contribution is 2.23. The number of para-hydroxylation sites is 1. The van der Waals surface area contributed by atoms with E-state index in [4.69, 9.17) is 9.84 Å². The molecule has 0 aliphatic heterocycles. The van der Waals surface area contributed by atoms with Gasteiger partial charge in [-0.1, -0.05) is 31.2 Å². The normalized spacial score (nSPS) is 11.7. The summed E-state index contributed by atoms with van der Waals surface area (Å²) in [4.78, 5) is 10.8. The summed E-state index contributed by atoms with van der Waals surface area (Å²) < 4.78 is 5.72. The molecule has 0 amide bonds. The minimum Gasteiger partial charge on any atom is -0.481 e. The molecule has 0 spiro atoms. The monoisotopic (exact) mass is 271 g/mol. The summed E-state index contributed by atoms with van der Waals surface area (Å²) in [5.74, 6) is 0.232. The van der Waals surface area contributed by atoms with Crippen LogP contribution in [0.15, 0.2) is 54.6 Å². The molecule has 1 atom stereocenters. The number of aliphatic carboxylic acids is 1. The van der Waals surface area contributed by atoms with Crippen molar-refractivity contribution < 1.29 is 14.6 Å². The summed E-state index contributed by atoms with van der Waals surface area (Å²) in [6.07, 6.45) is 0. The van der Waals surface area contributed by atoms with Crippen LogP contribution >= 0.6 is 0 Å². The zero-order valence-corrected chi connectivity index (χ0v) is 11.2. The minimum atomic E-state index is -0.811.